The number of amides is 2. The molecule has 0 radical (unpaired) electrons. The molecule has 1 saturated heterocycles. The molecule has 1 aromatic heterocycles. The molecule has 1 aromatic rings. The van der Waals surface area contributed by atoms with Crippen LogP contribution in [0.2, 0.25) is 0 Å². The van der Waals surface area contributed by atoms with Gasteiger partial charge in [0, 0.05) is 19.5 Å². The van der Waals surface area contributed by atoms with Crippen molar-refractivity contribution < 1.29 is 9.59 Å². The van der Waals surface area contributed by atoms with Crippen molar-refractivity contribution in [2.24, 2.45) is 0 Å². The van der Waals surface area contributed by atoms with Gasteiger partial charge in [-0.3, -0.25) is 9.59 Å². The second-order valence-corrected chi connectivity index (χ2v) is 5.00. The number of anilines is 1. The first-order valence-corrected chi connectivity index (χ1v) is 7.17. The van der Waals surface area contributed by atoms with E-state index in [0.717, 1.165) is 25.9 Å². The zero-order valence-corrected chi connectivity index (χ0v) is 11.8. The summed E-state index contributed by atoms with van der Waals surface area (Å²) in [6.07, 6.45) is 6.51. The second-order valence-electron chi connectivity index (χ2n) is 5.00. The molecule has 0 aromatic carbocycles. The van der Waals surface area contributed by atoms with Crippen LogP contribution in [0, 0.1) is 0 Å². The van der Waals surface area contributed by atoms with E-state index in [9.17, 15) is 9.59 Å². The van der Waals surface area contributed by atoms with Crippen molar-refractivity contribution in [3.63, 3.8) is 0 Å². The predicted octanol–water partition coefficient (Wildman–Crippen LogP) is 1.03. The molecule has 20 heavy (non-hydrogen) atoms. The van der Waals surface area contributed by atoms with Gasteiger partial charge in [-0.15, -0.1) is 5.10 Å². The average molecular weight is 279 g/mol. The van der Waals surface area contributed by atoms with Gasteiger partial charge in [-0.05, 0) is 12.8 Å². The number of rotatable bonds is 4. The third-order valence-corrected chi connectivity index (χ3v) is 3.38. The molecule has 0 bridgehead atoms. The SMILES string of the molecule is CCC(=O)Nc1cn(CC(=O)N2CCCCCC2)nn1. The van der Waals surface area contributed by atoms with E-state index in [4.69, 9.17) is 0 Å². The van der Waals surface area contributed by atoms with E-state index >= 15 is 0 Å². The van der Waals surface area contributed by atoms with Gasteiger partial charge in [-0.2, -0.15) is 0 Å². The highest BCUT2D eigenvalue weighted by Gasteiger charge is 2.16. The fraction of sp³-hybridized carbons (Fsp3) is 0.692. The molecule has 0 atom stereocenters. The Bertz CT molecular complexity index is 463. The highest BCUT2D eigenvalue weighted by molar-refractivity contribution is 5.89. The molecule has 1 aliphatic rings. The Morgan fingerprint density at radius 3 is 2.60 bits per heavy atom. The number of hydrogen-bond donors (Lipinski definition) is 1. The summed E-state index contributed by atoms with van der Waals surface area (Å²) in [5.41, 5.74) is 0. The fourth-order valence-electron chi connectivity index (χ4n) is 2.22. The van der Waals surface area contributed by atoms with E-state index in [-0.39, 0.29) is 18.4 Å². The molecule has 0 unspecified atom stereocenters. The molecule has 1 N–H and O–H groups in total. The molecule has 1 fully saturated rings. The lowest BCUT2D eigenvalue weighted by atomic mass is 10.2. The zero-order chi connectivity index (χ0) is 14.4. The first kappa shape index (κ1) is 14.5. The Labute approximate surface area is 118 Å². The van der Waals surface area contributed by atoms with Crippen LogP contribution >= 0.6 is 0 Å². The maximum atomic E-state index is 12.2. The van der Waals surface area contributed by atoms with E-state index in [1.165, 1.54) is 17.5 Å². The molecule has 2 heterocycles. The molecular weight excluding hydrogens is 258 g/mol. The van der Waals surface area contributed by atoms with Gasteiger partial charge < -0.3 is 10.2 Å². The van der Waals surface area contributed by atoms with E-state index in [1.54, 1.807) is 13.1 Å². The van der Waals surface area contributed by atoms with Crippen LogP contribution in [0.15, 0.2) is 6.20 Å². The van der Waals surface area contributed by atoms with Gasteiger partial charge in [0.05, 0.1) is 6.20 Å². The first-order chi connectivity index (χ1) is 9.69. The minimum atomic E-state index is -0.115. The largest absolute Gasteiger partial charge is 0.341 e. The van der Waals surface area contributed by atoms with Gasteiger partial charge in [0.2, 0.25) is 11.8 Å². The third-order valence-electron chi connectivity index (χ3n) is 3.38. The van der Waals surface area contributed by atoms with Crippen molar-refractivity contribution in [2.45, 2.75) is 45.6 Å². The number of carbonyl (C=O) groups is 2. The van der Waals surface area contributed by atoms with Crippen molar-refractivity contribution in [3.8, 4) is 0 Å². The number of hydrogen-bond acceptors (Lipinski definition) is 4. The monoisotopic (exact) mass is 279 g/mol. The molecule has 1 aliphatic heterocycles. The Kier molecular flexibility index (Phi) is 5.09. The predicted molar refractivity (Wildman–Crippen MR) is 74.0 cm³/mol. The summed E-state index contributed by atoms with van der Waals surface area (Å²) < 4.78 is 1.47. The highest BCUT2D eigenvalue weighted by Crippen LogP contribution is 2.10. The zero-order valence-electron chi connectivity index (χ0n) is 11.8. The molecule has 7 heteroatoms. The number of nitrogens with zero attached hydrogens (tertiary/aromatic N) is 4. The van der Waals surface area contributed by atoms with Crippen molar-refractivity contribution in [3.05, 3.63) is 6.20 Å². The summed E-state index contributed by atoms with van der Waals surface area (Å²) in [6.45, 7) is 3.59. The lowest BCUT2D eigenvalue weighted by molar-refractivity contribution is -0.132. The lowest BCUT2D eigenvalue weighted by Gasteiger charge is -2.19. The third kappa shape index (κ3) is 4.04. The maximum absolute atomic E-state index is 12.2. The number of nitrogens with one attached hydrogen (secondary N) is 1. The van der Waals surface area contributed by atoms with Gasteiger partial charge in [0.1, 0.15) is 6.54 Å². The fourth-order valence-corrected chi connectivity index (χ4v) is 2.22. The smallest absolute Gasteiger partial charge is 0.244 e. The molecular formula is C13H21N5O2. The van der Waals surface area contributed by atoms with E-state index in [0.29, 0.717) is 12.2 Å². The van der Waals surface area contributed by atoms with E-state index in [1.807, 2.05) is 4.90 Å². The van der Waals surface area contributed by atoms with Crippen LogP contribution in [0.3, 0.4) is 0 Å². The summed E-state index contributed by atoms with van der Waals surface area (Å²) in [7, 11) is 0. The summed E-state index contributed by atoms with van der Waals surface area (Å²) in [6, 6.07) is 0. The highest BCUT2D eigenvalue weighted by atomic mass is 16.2. The van der Waals surface area contributed by atoms with Crippen molar-refractivity contribution >= 4 is 17.6 Å². The minimum Gasteiger partial charge on any atom is -0.341 e. The van der Waals surface area contributed by atoms with Crippen molar-refractivity contribution in [2.75, 3.05) is 18.4 Å². The van der Waals surface area contributed by atoms with Crippen LogP contribution < -0.4 is 5.32 Å². The maximum Gasteiger partial charge on any atom is 0.244 e. The van der Waals surface area contributed by atoms with Gasteiger partial charge in [-0.25, -0.2) is 4.68 Å². The van der Waals surface area contributed by atoms with E-state index < -0.39 is 0 Å². The normalized spacial score (nSPS) is 15.8. The minimum absolute atomic E-state index is 0.0603. The summed E-state index contributed by atoms with van der Waals surface area (Å²) in [5, 5.41) is 10.3. The molecule has 0 aliphatic carbocycles. The van der Waals surface area contributed by atoms with Crippen LogP contribution in [-0.4, -0.2) is 44.8 Å². The standard InChI is InChI=1S/C13H21N5O2/c1-2-12(19)14-11-9-18(16-15-11)10-13(20)17-7-5-3-4-6-8-17/h9H,2-8,10H2,1H3,(H,14,19). The Morgan fingerprint density at radius 1 is 1.25 bits per heavy atom. The Balaban J connectivity index is 1.89. The van der Waals surface area contributed by atoms with Crippen molar-refractivity contribution in [1.29, 1.82) is 0 Å². The van der Waals surface area contributed by atoms with Crippen LogP contribution in [0.25, 0.3) is 0 Å². The molecule has 2 amide bonds. The van der Waals surface area contributed by atoms with Crippen LogP contribution in [0.4, 0.5) is 5.82 Å². The van der Waals surface area contributed by atoms with Gasteiger partial charge in [-0.1, -0.05) is 25.0 Å². The average Bonchev–Trinajstić information content (AvgIpc) is 2.71. The van der Waals surface area contributed by atoms with Crippen LogP contribution in [-0.2, 0) is 16.1 Å². The van der Waals surface area contributed by atoms with Gasteiger partial charge in [0.15, 0.2) is 5.82 Å². The van der Waals surface area contributed by atoms with Gasteiger partial charge in [0.25, 0.3) is 0 Å². The topological polar surface area (TPSA) is 80.1 Å². The summed E-state index contributed by atoms with van der Waals surface area (Å²) in [5.74, 6) is 0.335. The Morgan fingerprint density at radius 2 is 1.95 bits per heavy atom. The molecule has 7 nitrogen and oxygen atoms in total. The first-order valence-electron chi connectivity index (χ1n) is 7.17. The molecule has 0 saturated carbocycles. The summed E-state index contributed by atoms with van der Waals surface area (Å²) in [4.78, 5) is 25.3. The second kappa shape index (κ2) is 7.02. The summed E-state index contributed by atoms with van der Waals surface area (Å²) >= 11 is 0. The van der Waals surface area contributed by atoms with Crippen LogP contribution in [0.5, 0.6) is 0 Å². The van der Waals surface area contributed by atoms with Crippen LogP contribution in [0.1, 0.15) is 39.0 Å². The van der Waals surface area contributed by atoms with E-state index in [2.05, 4.69) is 15.6 Å². The lowest BCUT2D eigenvalue weighted by Crippen LogP contribution is -2.34. The number of carbonyl (C=O) groups excluding carboxylic acids is 2. The molecule has 2 rings (SSSR count). The molecule has 110 valence electrons. The van der Waals surface area contributed by atoms with Crippen molar-refractivity contribution in [1.82, 2.24) is 19.9 Å². The quantitative estimate of drug-likeness (QED) is 0.892. The number of aromatic nitrogens is 3. The number of likely N-dealkylation sites (tertiary alicyclic amines) is 1. The molecule has 0 spiro atoms. The van der Waals surface area contributed by atoms with Gasteiger partial charge >= 0.3 is 0 Å². The Hall–Kier alpha value is -1.92.